The van der Waals surface area contributed by atoms with E-state index in [1.165, 1.54) is 5.56 Å². The summed E-state index contributed by atoms with van der Waals surface area (Å²) < 4.78 is 0. The molecular weight excluding hydrogens is 324 g/mol. The summed E-state index contributed by atoms with van der Waals surface area (Å²) in [5, 5.41) is 6.14. The number of nitrogens with one attached hydrogen (secondary N) is 2. The standard InChI is InChI=1S/C22H32N2O2/c1-21(2,3)16-7-9-18(10-8-16)24-20(26)22(13-5-4-6-14-22)15-19(25)23-17-11-12-17/h7-10,17H,4-6,11-15H2,1-3H3,(H,23,25)(H,24,26). The maximum absolute atomic E-state index is 13.1. The van der Waals surface area contributed by atoms with Gasteiger partial charge in [0, 0.05) is 18.2 Å². The minimum atomic E-state index is -0.556. The molecule has 2 aliphatic carbocycles. The predicted molar refractivity (Wildman–Crippen MR) is 105 cm³/mol. The molecule has 0 bridgehead atoms. The van der Waals surface area contributed by atoms with E-state index in [0.29, 0.717) is 12.5 Å². The summed E-state index contributed by atoms with van der Waals surface area (Å²) in [6.07, 6.45) is 7.26. The van der Waals surface area contributed by atoms with Gasteiger partial charge in [-0.1, -0.05) is 52.2 Å². The van der Waals surface area contributed by atoms with Crippen LogP contribution >= 0.6 is 0 Å². The van der Waals surface area contributed by atoms with Gasteiger partial charge in [0.1, 0.15) is 0 Å². The number of hydrogen-bond acceptors (Lipinski definition) is 2. The second kappa shape index (κ2) is 7.42. The van der Waals surface area contributed by atoms with Gasteiger partial charge in [0.2, 0.25) is 11.8 Å². The van der Waals surface area contributed by atoms with Crippen molar-refractivity contribution in [3.8, 4) is 0 Å². The van der Waals surface area contributed by atoms with Crippen molar-refractivity contribution < 1.29 is 9.59 Å². The minimum absolute atomic E-state index is 0.00616. The van der Waals surface area contributed by atoms with E-state index in [1.54, 1.807) is 0 Å². The molecule has 2 aliphatic rings. The molecule has 0 spiro atoms. The van der Waals surface area contributed by atoms with E-state index in [4.69, 9.17) is 0 Å². The summed E-state index contributed by atoms with van der Waals surface area (Å²) in [6.45, 7) is 6.53. The molecule has 26 heavy (non-hydrogen) atoms. The van der Waals surface area contributed by atoms with E-state index < -0.39 is 5.41 Å². The summed E-state index contributed by atoms with van der Waals surface area (Å²) in [5.74, 6) is 0.0410. The number of carbonyl (C=O) groups is 2. The molecule has 0 aromatic heterocycles. The second-order valence-electron chi connectivity index (χ2n) is 9.14. The van der Waals surface area contributed by atoms with Crippen molar-refractivity contribution in [3.05, 3.63) is 29.8 Å². The molecule has 2 N–H and O–H groups in total. The Balaban J connectivity index is 1.69. The Hall–Kier alpha value is -1.84. The van der Waals surface area contributed by atoms with Gasteiger partial charge < -0.3 is 10.6 Å². The van der Waals surface area contributed by atoms with Crippen LogP contribution < -0.4 is 10.6 Å². The fourth-order valence-corrected chi connectivity index (χ4v) is 3.84. The number of anilines is 1. The van der Waals surface area contributed by atoms with Gasteiger partial charge in [0.05, 0.1) is 5.41 Å². The van der Waals surface area contributed by atoms with E-state index in [2.05, 4.69) is 43.5 Å². The number of carbonyl (C=O) groups excluding carboxylic acids is 2. The fraction of sp³-hybridized carbons (Fsp3) is 0.636. The molecule has 4 nitrogen and oxygen atoms in total. The Morgan fingerprint density at radius 2 is 1.65 bits per heavy atom. The van der Waals surface area contributed by atoms with Gasteiger partial charge >= 0.3 is 0 Å². The van der Waals surface area contributed by atoms with Crippen molar-refractivity contribution >= 4 is 17.5 Å². The van der Waals surface area contributed by atoms with Crippen LogP contribution in [0.15, 0.2) is 24.3 Å². The molecule has 0 atom stereocenters. The molecule has 0 unspecified atom stereocenters. The highest BCUT2D eigenvalue weighted by Crippen LogP contribution is 2.41. The molecule has 142 valence electrons. The maximum atomic E-state index is 13.1. The summed E-state index contributed by atoms with van der Waals surface area (Å²) >= 11 is 0. The van der Waals surface area contributed by atoms with Gasteiger partial charge in [-0.3, -0.25) is 9.59 Å². The van der Waals surface area contributed by atoms with E-state index in [0.717, 1.165) is 50.6 Å². The van der Waals surface area contributed by atoms with Crippen molar-refractivity contribution in [1.29, 1.82) is 0 Å². The van der Waals surface area contributed by atoms with E-state index in [9.17, 15) is 9.59 Å². The van der Waals surface area contributed by atoms with Crippen LogP contribution in [0.3, 0.4) is 0 Å². The molecular formula is C22H32N2O2. The molecule has 1 aromatic rings. The molecule has 0 radical (unpaired) electrons. The topological polar surface area (TPSA) is 58.2 Å². The van der Waals surface area contributed by atoms with Gasteiger partial charge in [-0.25, -0.2) is 0 Å². The molecule has 4 heteroatoms. The third-order valence-corrected chi connectivity index (χ3v) is 5.74. The van der Waals surface area contributed by atoms with Crippen LogP contribution in [-0.4, -0.2) is 17.9 Å². The third kappa shape index (κ3) is 4.66. The van der Waals surface area contributed by atoms with Crippen LogP contribution in [0.4, 0.5) is 5.69 Å². The van der Waals surface area contributed by atoms with Crippen molar-refractivity contribution in [3.63, 3.8) is 0 Å². The fourth-order valence-electron chi connectivity index (χ4n) is 3.84. The van der Waals surface area contributed by atoms with Gasteiger partial charge in [0.25, 0.3) is 0 Å². The van der Waals surface area contributed by atoms with Crippen LogP contribution in [-0.2, 0) is 15.0 Å². The van der Waals surface area contributed by atoms with Crippen LogP contribution in [0.25, 0.3) is 0 Å². The highest BCUT2D eigenvalue weighted by atomic mass is 16.2. The third-order valence-electron chi connectivity index (χ3n) is 5.74. The first-order chi connectivity index (χ1) is 12.3. The van der Waals surface area contributed by atoms with Crippen molar-refractivity contribution in [2.45, 2.75) is 83.6 Å². The van der Waals surface area contributed by atoms with Gasteiger partial charge in [-0.2, -0.15) is 0 Å². The molecule has 0 aliphatic heterocycles. The lowest BCUT2D eigenvalue weighted by molar-refractivity contribution is -0.134. The van der Waals surface area contributed by atoms with E-state index in [1.807, 2.05) is 12.1 Å². The first-order valence-corrected chi connectivity index (χ1v) is 10.00. The molecule has 2 saturated carbocycles. The maximum Gasteiger partial charge on any atom is 0.231 e. The number of rotatable bonds is 5. The summed E-state index contributed by atoms with van der Waals surface area (Å²) in [7, 11) is 0. The second-order valence-corrected chi connectivity index (χ2v) is 9.14. The number of benzene rings is 1. The zero-order valence-electron chi connectivity index (χ0n) is 16.4. The van der Waals surface area contributed by atoms with Crippen LogP contribution in [0.1, 0.15) is 77.7 Å². The highest BCUT2D eigenvalue weighted by Gasteiger charge is 2.42. The normalized spacial score (nSPS) is 19.7. The van der Waals surface area contributed by atoms with Crippen LogP contribution in [0.5, 0.6) is 0 Å². The van der Waals surface area contributed by atoms with Crippen LogP contribution in [0, 0.1) is 5.41 Å². The Morgan fingerprint density at radius 1 is 1.04 bits per heavy atom. The minimum Gasteiger partial charge on any atom is -0.353 e. The highest BCUT2D eigenvalue weighted by molar-refractivity contribution is 5.98. The largest absolute Gasteiger partial charge is 0.353 e. The Bertz CT molecular complexity index is 648. The van der Waals surface area contributed by atoms with Gasteiger partial charge in [-0.15, -0.1) is 0 Å². The zero-order chi connectivity index (χ0) is 18.8. The van der Waals surface area contributed by atoms with Gasteiger partial charge in [0.15, 0.2) is 0 Å². The quantitative estimate of drug-likeness (QED) is 0.813. The Labute approximate surface area is 157 Å². The summed E-state index contributed by atoms with van der Waals surface area (Å²) in [5.41, 5.74) is 1.59. The smallest absolute Gasteiger partial charge is 0.231 e. The number of hydrogen-bond donors (Lipinski definition) is 2. The van der Waals surface area contributed by atoms with Crippen molar-refractivity contribution in [2.75, 3.05) is 5.32 Å². The average Bonchev–Trinajstić information content (AvgIpc) is 3.39. The summed E-state index contributed by atoms with van der Waals surface area (Å²) in [6, 6.07) is 8.43. The lowest BCUT2D eigenvalue weighted by atomic mass is 9.70. The number of amides is 2. The molecule has 3 rings (SSSR count). The average molecular weight is 357 g/mol. The molecule has 0 saturated heterocycles. The van der Waals surface area contributed by atoms with E-state index in [-0.39, 0.29) is 17.2 Å². The van der Waals surface area contributed by atoms with Crippen molar-refractivity contribution in [2.24, 2.45) is 5.41 Å². The molecule has 1 aromatic carbocycles. The zero-order valence-corrected chi connectivity index (χ0v) is 16.4. The lowest BCUT2D eigenvalue weighted by Gasteiger charge is -2.35. The van der Waals surface area contributed by atoms with Crippen molar-refractivity contribution in [1.82, 2.24) is 5.32 Å². The molecule has 2 amide bonds. The molecule has 0 heterocycles. The Kier molecular flexibility index (Phi) is 5.40. The SMILES string of the molecule is CC(C)(C)c1ccc(NC(=O)C2(CC(=O)NC3CC3)CCCCC2)cc1. The lowest BCUT2D eigenvalue weighted by Crippen LogP contribution is -2.42. The van der Waals surface area contributed by atoms with E-state index >= 15 is 0 Å². The first kappa shape index (κ1) is 18.9. The Morgan fingerprint density at radius 3 is 2.19 bits per heavy atom. The van der Waals surface area contributed by atoms with Crippen LogP contribution in [0.2, 0.25) is 0 Å². The monoisotopic (exact) mass is 356 g/mol. The predicted octanol–water partition coefficient (Wildman–Crippen LogP) is 4.54. The molecule has 2 fully saturated rings. The summed E-state index contributed by atoms with van der Waals surface area (Å²) in [4.78, 5) is 25.5. The first-order valence-electron chi connectivity index (χ1n) is 10.00. The van der Waals surface area contributed by atoms with Gasteiger partial charge in [-0.05, 0) is 48.8 Å².